The van der Waals surface area contributed by atoms with Crippen molar-refractivity contribution >= 4 is 5.91 Å². The van der Waals surface area contributed by atoms with Gasteiger partial charge in [-0.25, -0.2) is 0 Å². The van der Waals surface area contributed by atoms with E-state index < -0.39 is 0 Å². The molecule has 2 rings (SSSR count). The number of nitrogens with one attached hydrogen (secondary N) is 1. The summed E-state index contributed by atoms with van der Waals surface area (Å²) in [6, 6.07) is 10.1. The predicted molar refractivity (Wildman–Crippen MR) is 63.9 cm³/mol. The zero-order chi connectivity index (χ0) is 11.5. The van der Waals surface area contributed by atoms with Gasteiger partial charge >= 0.3 is 0 Å². The molecule has 2 atom stereocenters. The maximum atomic E-state index is 12.0. The number of carbonyl (C=O) groups excluding carboxylic acids is 1. The highest BCUT2D eigenvalue weighted by Gasteiger charge is 2.34. The lowest BCUT2D eigenvalue weighted by Gasteiger charge is -2.17. The molecular formula is C13H18N2O. The molecular weight excluding hydrogens is 200 g/mol. The molecule has 1 aliphatic heterocycles. The van der Waals surface area contributed by atoms with E-state index in [1.807, 2.05) is 36.9 Å². The fourth-order valence-electron chi connectivity index (χ4n) is 2.27. The summed E-state index contributed by atoms with van der Waals surface area (Å²) in [4.78, 5) is 13.9. The van der Waals surface area contributed by atoms with Gasteiger partial charge in [0.1, 0.15) is 0 Å². The van der Waals surface area contributed by atoms with Crippen LogP contribution in [0.25, 0.3) is 0 Å². The molecule has 1 heterocycles. The predicted octanol–water partition coefficient (Wildman–Crippen LogP) is 1.40. The van der Waals surface area contributed by atoms with Crippen molar-refractivity contribution in [3.8, 4) is 0 Å². The van der Waals surface area contributed by atoms with Crippen LogP contribution in [0.2, 0.25) is 0 Å². The van der Waals surface area contributed by atoms with Gasteiger partial charge in [-0.1, -0.05) is 30.3 Å². The zero-order valence-electron chi connectivity index (χ0n) is 9.81. The van der Waals surface area contributed by atoms with Crippen molar-refractivity contribution < 1.29 is 4.79 Å². The van der Waals surface area contributed by atoms with E-state index in [4.69, 9.17) is 0 Å². The van der Waals surface area contributed by atoms with E-state index in [0.29, 0.717) is 0 Å². The van der Waals surface area contributed by atoms with Crippen LogP contribution in [-0.2, 0) is 11.2 Å². The van der Waals surface area contributed by atoms with Gasteiger partial charge in [0.05, 0.1) is 12.2 Å². The summed E-state index contributed by atoms with van der Waals surface area (Å²) in [5.41, 5.74) is 1.21. The van der Waals surface area contributed by atoms with E-state index in [1.54, 1.807) is 0 Å². The first-order valence-corrected chi connectivity index (χ1v) is 5.83. The summed E-state index contributed by atoms with van der Waals surface area (Å²) in [6.07, 6.45) is 0.937. The number of amides is 1. The minimum atomic E-state index is -0.0580. The Bertz CT molecular complexity index is 363. The van der Waals surface area contributed by atoms with E-state index in [-0.39, 0.29) is 18.1 Å². The number of carbonyl (C=O) groups is 1. The average molecular weight is 218 g/mol. The van der Waals surface area contributed by atoms with Crippen molar-refractivity contribution in [1.29, 1.82) is 0 Å². The lowest BCUT2D eigenvalue weighted by atomic mass is 10.1. The second kappa shape index (κ2) is 4.66. The number of benzene rings is 1. The smallest absolute Gasteiger partial charge is 0.241 e. The van der Waals surface area contributed by atoms with Gasteiger partial charge in [0, 0.05) is 6.54 Å². The lowest BCUT2D eigenvalue weighted by molar-refractivity contribution is -0.129. The Morgan fingerprint density at radius 3 is 2.56 bits per heavy atom. The third kappa shape index (κ3) is 2.09. The van der Waals surface area contributed by atoms with Crippen LogP contribution in [0.5, 0.6) is 0 Å². The molecule has 0 aliphatic carbocycles. The summed E-state index contributed by atoms with van der Waals surface area (Å²) < 4.78 is 0. The molecule has 1 aliphatic rings. The van der Waals surface area contributed by atoms with Gasteiger partial charge in [-0.2, -0.15) is 0 Å². The van der Waals surface area contributed by atoms with Gasteiger partial charge in [0.25, 0.3) is 0 Å². The van der Waals surface area contributed by atoms with Crippen molar-refractivity contribution in [2.75, 3.05) is 6.54 Å². The van der Waals surface area contributed by atoms with Gasteiger partial charge in [-0.3, -0.25) is 10.1 Å². The van der Waals surface area contributed by atoms with E-state index in [0.717, 1.165) is 13.0 Å². The fourth-order valence-corrected chi connectivity index (χ4v) is 2.27. The average Bonchev–Trinajstić information content (AvgIpc) is 2.55. The lowest BCUT2D eigenvalue weighted by Crippen LogP contribution is -2.34. The van der Waals surface area contributed by atoms with Crippen LogP contribution in [0.15, 0.2) is 30.3 Å². The molecule has 1 aromatic carbocycles. The van der Waals surface area contributed by atoms with E-state index >= 15 is 0 Å². The molecule has 1 aromatic rings. The van der Waals surface area contributed by atoms with Gasteiger partial charge in [0.15, 0.2) is 0 Å². The van der Waals surface area contributed by atoms with Crippen LogP contribution < -0.4 is 5.32 Å². The van der Waals surface area contributed by atoms with Crippen molar-refractivity contribution in [1.82, 2.24) is 10.2 Å². The molecule has 0 spiro atoms. The highest BCUT2D eigenvalue weighted by molar-refractivity contribution is 5.84. The van der Waals surface area contributed by atoms with Gasteiger partial charge in [-0.15, -0.1) is 0 Å². The topological polar surface area (TPSA) is 32.3 Å². The minimum Gasteiger partial charge on any atom is -0.326 e. The Morgan fingerprint density at radius 2 is 2.00 bits per heavy atom. The Kier molecular flexibility index (Phi) is 3.25. The van der Waals surface area contributed by atoms with Crippen LogP contribution in [0.3, 0.4) is 0 Å². The van der Waals surface area contributed by atoms with E-state index in [1.165, 1.54) is 5.56 Å². The summed E-state index contributed by atoms with van der Waals surface area (Å²) in [6.45, 7) is 4.83. The third-order valence-corrected chi connectivity index (χ3v) is 3.11. The molecule has 1 fully saturated rings. The molecule has 1 N–H and O–H groups in total. The molecule has 3 heteroatoms. The molecule has 1 amide bonds. The normalized spacial score (nSPS) is 25.1. The fraction of sp³-hybridized carbons (Fsp3) is 0.462. The number of likely N-dealkylation sites (N-methyl/N-ethyl adjacent to an activating group) is 1. The molecule has 0 aromatic heterocycles. The molecule has 3 nitrogen and oxygen atoms in total. The molecule has 0 saturated carbocycles. The van der Waals surface area contributed by atoms with Gasteiger partial charge in [0.2, 0.25) is 5.91 Å². The summed E-state index contributed by atoms with van der Waals surface area (Å²) in [5.74, 6) is 0.221. The molecule has 16 heavy (non-hydrogen) atoms. The van der Waals surface area contributed by atoms with Crippen LogP contribution in [0.1, 0.15) is 19.4 Å². The first kappa shape index (κ1) is 11.1. The molecule has 0 bridgehead atoms. The van der Waals surface area contributed by atoms with Crippen molar-refractivity contribution in [3.63, 3.8) is 0 Å². The standard InChI is InChI=1S/C13H18N2O/c1-3-15-10(2)14-12(13(15)16)9-11-7-5-4-6-8-11/h4-8,10,12,14H,3,9H2,1-2H3. The van der Waals surface area contributed by atoms with Crippen molar-refractivity contribution in [2.45, 2.75) is 32.5 Å². The van der Waals surface area contributed by atoms with Crippen LogP contribution >= 0.6 is 0 Å². The quantitative estimate of drug-likeness (QED) is 0.831. The summed E-state index contributed by atoms with van der Waals surface area (Å²) >= 11 is 0. The molecule has 86 valence electrons. The Balaban J connectivity index is 2.05. The van der Waals surface area contributed by atoms with Crippen molar-refractivity contribution in [2.24, 2.45) is 0 Å². The maximum Gasteiger partial charge on any atom is 0.241 e. The first-order valence-electron chi connectivity index (χ1n) is 5.83. The largest absolute Gasteiger partial charge is 0.326 e. The number of nitrogens with zero attached hydrogens (tertiary/aromatic N) is 1. The zero-order valence-corrected chi connectivity index (χ0v) is 9.81. The van der Waals surface area contributed by atoms with E-state index in [2.05, 4.69) is 17.4 Å². The van der Waals surface area contributed by atoms with Gasteiger partial charge < -0.3 is 4.90 Å². The number of hydrogen-bond donors (Lipinski definition) is 1. The molecule has 1 saturated heterocycles. The third-order valence-electron chi connectivity index (χ3n) is 3.11. The van der Waals surface area contributed by atoms with Crippen LogP contribution in [-0.4, -0.2) is 29.6 Å². The monoisotopic (exact) mass is 218 g/mol. The Hall–Kier alpha value is -1.35. The highest BCUT2D eigenvalue weighted by atomic mass is 16.2. The number of hydrogen-bond acceptors (Lipinski definition) is 2. The van der Waals surface area contributed by atoms with Crippen LogP contribution in [0.4, 0.5) is 0 Å². The Morgan fingerprint density at radius 1 is 1.31 bits per heavy atom. The maximum absolute atomic E-state index is 12.0. The highest BCUT2D eigenvalue weighted by Crippen LogP contribution is 2.14. The van der Waals surface area contributed by atoms with E-state index in [9.17, 15) is 4.79 Å². The second-order valence-corrected chi connectivity index (χ2v) is 4.21. The van der Waals surface area contributed by atoms with Crippen molar-refractivity contribution in [3.05, 3.63) is 35.9 Å². The second-order valence-electron chi connectivity index (χ2n) is 4.21. The molecule has 2 unspecified atom stereocenters. The Labute approximate surface area is 96.5 Å². The van der Waals surface area contributed by atoms with Crippen LogP contribution in [0, 0.1) is 0 Å². The first-order chi connectivity index (χ1) is 7.72. The SMILES string of the molecule is CCN1C(=O)C(Cc2ccccc2)NC1C. The molecule has 0 radical (unpaired) electrons. The summed E-state index contributed by atoms with van der Waals surface area (Å²) in [5, 5.41) is 3.33. The minimum absolute atomic E-state index is 0.0580. The number of rotatable bonds is 3. The summed E-state index contributed by atoms with van der Waals surface area (Å²) in [7, 11) is 0. The van der Waals surface area contributed by atoms with Gasteiger partial charge in [-0.05, 0) is 25.8 Å².